The summed E-state index contributed by atoms with van der Waals surface area (Å²) in [5.41, 5.74) is 0.818. The van der Waals surface area contributed by atoms with Crippen molar-refractivity contribution in [2.75, 3.05) is 20.8 Å². The molecule has 1 aromatic rings. The van der Waals surface area contributed by atoms with Crippen LogP contribution >= 0.6 is 0 Å². The van der Waals surface area contributed by atoms with Gasteiger partial charge in [-0.3, -0.25) is 14.9 Å². The molecule has 0 aliphatic rings. The first-order valence-corrected chi connectivity index (χ1v) is 4.87. The smallest absolute Gasteiger partial charge is 0.265 e. The van der Waals surface area contributed by atoms with Gasteiger partial charge in [0.15, 0.2) is 11.5 Å². The SMILES string of the molecule is COc1ccc(C(=O)C[N+](=O)[O-])c(C)c1OC. The van der Waals surface area contributed by atoms with E-state index in [0.29, 0.717) is 17.1 Å². The molecule has 0 fully saturated rings. The molecule has 0 amide bonds. The number of nitrogens with zero attached hydrogens (tertiary/aromatic N) is 1. The number of nitro groups is 1. The van der Waals surface area contributed by atoms with Gasteiger partial charge in [-0.05, 0) is 19.1 Å². The summed E-state index contributed by atoms with van der Waals surface area (Å²) in [6.07, 6.45) is 0. The maximum absolute atomic E-state index is 11.6. The number of carbonyl (C=O) groups is 1. The molecule has 92 valence electrons. The number of hydrogen-bond donors (Lipinski definition) is 0. The Hall–Kier alpha value is -2.11. The summed E-state index contributed by atoms with van der Waals surface area (Å²) in [5, 5.41) is 10.3. The van der Waals surface area contributed by atoms with Crippen molar-refractivity contribution in [2.24, 2.45) is 0 Å². The van der Waals surface area contributed by atoms with Crippen molar-refractivity contribution < 1.29 is 19.2 Å². The minimum absolute atomic E-state index is 0.277. The molecule has 0 atom stereocenters. The quantitative estimate of drug-likeness (QED) is 0.441. The van der Waals surface area contributed by atoms with E-state index >= 15 is 0 Å². The van der Waals surface area contributed by atoms with Gasteiger partial charge in [0.2, 0.25) is 5.78 Å². The van der Waals surface area contributed by atoms with E-state index in [-0.39, 0.29) is 5.56 Å². The number of ketones is 1. The summed E-state index contributed by atoms with van der Waals surface area (Å²) in [6, 6.07) is 3.06. The topological polar surface area (TPSA) is 78.7 Å². The zero-order chi connectivity index (χ0) is 13.0. The molecular formula is C11H13NO5. The van der Waals surface area contributed by atoms with Crippen LogP contribution in [0.1, 0.15) is 15.9 Å². The molecule has 0 heterocycles. The van der Waals surface area contributed by atoms with Crippen LogP contribution in [0.4, 0.5) is 0 Å². The van der Waals surface area contributed by atoms with Crippen molar-refractivity contribution >= 4 is 5.78 Å². The second kappa shape index (κ2) is 5.29. The average molecular weight is 239 g/mol. The third-order valence-electron chi connectivity index (χ3n) is 2.37. The van der Waals surface area contributed by atoms with Crippen molar-refractivity contribution in [1.82, 2.24) is 0 Å². The van der Waals surface area contributed by atoms with Crippen LogP contribution in [0.3, 0.4) is 0 Å². The van der Waals surface area contributed by atoms with E-state index in [1.54, 1.807) is 13.0 Å². The minimum Gasteiger partial charge on any atom is -0.493 e. The fourth-order valence-electron chi connectivity index (χ4n) is 1.59. The number of Topliss-reactive ketones (excluding diaryl/α,β-unsaturated/α-hetero) is 1. The van der Waals surface area contributed by atoms with Gasteiger partial charge in [-0.25, -0.2) is 0 Å². The van der Waals surface area contributed by atoms with E-state index < -0.39 is 17.3 Å². The minimum atomic E-state index is -0.726. The highest BCUT2D eigenvalue weighted by molar-refractivity contribution is 5.99. The summed E-state index contributed by atoms with van der Waals surface area (Å²) in [6.45, 7) is 0.935. The fraction of sp³-hybridized carbons (Fsp3) is 0.364. The lowest BCUT2D eigenvalue weighted by Gasteiger charge is -2.12. The largest absolute Gasteiger partial charge is 0.493 e. The fourth-order valence-corrected chi connectivity index (χ4v) is 1.59. The number of carbonyl (C=O) groups excluding carboxylic acids is 1. The van der Waals surface area contributed by atoms with E-state index in [9.17, 15) is 14.9 Å². The Balaban J connectivity index is 3.19. The third kappa shape index (κ3) is 2.72. The molecule has 0 unspecified atom stereocenters. The van der Waals surface area contributed by atoms with Crippen molar-refractivity contribution in [3.05, 3.63) is 33.4 Å². The van der Waals surface area contributed by atoms with Crippen LogP contribution in [0.2, 0.25) is 0 Å². The maximum atomic E-state index is 11.6. The molecule has 1 aromatic carbocycles. The van der Waals surface area contributed by atoms with Gasteiger partial charge in [0.25, 0.3) is 6.54 Å². The molecule has 0 spiro atoms. The highest BCUT2D eigenvalue weighted by atomic mass is 16.6. The monoisotopic (exact) mass is 239 g/mol. The van der Waals surface area contributed by atoms with E-state index in [1.807, 2.05) is 0 Å². The molecular weight excluding hydrogens is 226 g/mol. The molecule has 6 heteroatoms. The van der Waals surface area contributed by atoms with E-state index in [1.165, 1.54) is 20.3 Å². The summed E-state index contributed by atoms with van der Waals surface area (Å²) in [7, 11) is 2.93. The highest BCUT2D eigenvalue weighted by Gasteiger charge is 2.19. The average Bonchev–Trinajstić information content (AvgIpc) is 2.27. The zero-order valence-electron chi connectivity index (χ0n) is 9.85. The number of hydrogen-bond acceptors (Lipinski definition) is 5. The van der Waals surface area contributed by atoms with Crippen LogP contribution in [0.5, 0.6) is 11.5 Å². The van der Waals surface area contributed by atoms with Gasteiger partial charge in [-0.1, -0.05) is 0 Å². The Morgan fingerprint density at radius 3 is 2.47 bits per heavy atom. The number of ether oxygens (including phenoxy) is 2. The standard InChI is InChI=1S/C11H13NO5/c1-7-8(9(13)6-12(14)15)4-5-10(16-2)11(7)17-3/h4-5H,6H2,1-3H3. The van der Waals surface area contributed by atoms with Gasteiger partial charge < -0.3 is 9.47 Å². The van der Waals surface area contributed by atoms with Crippen LogP contribution in [0, 0.1) is 17.0 Å². The summed E-state index contributed by atoms with van der Waals surface area (Å²) < 4.78 is 10.2. The van der Waals surface area contributed by atoms with Crippen molar-refractivity contribution in [3.8, 4) is 11.5 Å². The number of rotatable bonds is 5. The van der Waals surface area contributed by atoms with Crippen molar-refractivity contribution in [3.63, 3.8) is 0 Å². The highest BCUT2D eigenvalue weighted by Crippen LogP contribution is 2.32. The first-order valence-electron chi connectivity index (χ1n) is 4.87. The van der Waals surface area contributed by atoms with Crippen LogP contribution in [0.25, 0.3) is 0 Å². The Labute approximate surface area is 98.3 Å². The van der Waals surface area contributed by atoms with Gasteiger partial charge in [0.1, 0.15) is 0 Å². The predicted molar refractivity (Wildman–Crippen MR) is 60.5 cm³/mol. The predicted octanol–water partition coefficient (Wildman–Crippen LogP) is 1.47. The number of benzene rings is 1. The molecule has 0 aliphatic heterocycles. The maximum Gasteiger partial charge on any atom is 0.265 e. The summed E-state index contributed by atoms with van der Waals surface area (Å²) >= 11 is 0. The molecule has 0 N–H and O–H groups in total. The van der Waals surface area contributed by atoms with Gasteiger partial charge in [-0.2, -0.15) is 0 Å². The first-order chi connectivity index (χ1) is 8.01. The van der Waals surface area contributed by atoms with Gasteiger partial charge in [0.05, 0.1) is 14.2 Å². The Kier molecular flexibility index (Phi) is 4.03. The molecule has 0 aliphatic carbocycles. The lowest BCUT2D eigenvalue weighted by molar-refractivity contribution is -0.465. The molecule has 6 nitrogen and oxygen atoms in total. The van der Waals surface area contributed by atoms with Gasteiger partial charge >= 0.3 is 0 Å². The molecule has 0 saturated heterocycles. The molecule has 17 heavy (non-hydrogen) atoms. The Morgan fingerprint density at radius 2 is 2.00 bits per heavy atom. The van der Waals surface area contributed by atoms with E-state index in [4.69, 9.17) is 9.47 Å². The number of methoxy groups -OCH3 is 2. The lowest BCUT2D eigenvalue weighted by atomic mass is 10.0. The van der Waals surface area contributed by atoms with E-state index in [2.05, 4.69) is 0 Å². The normalized spacial score (nSPS) is 9.82. The van der Waals surface area contributed by atoms with Crippen LogP contribution in [-0.2, 0) is 0 Å². The second-order valence-corrected chi connectivity index (χ2v) is 3.39. The summed E-state index contributed by atoms with van der Waals surface area (Å²) in [5.74, 6) is 0.359. The van der Waals surface area contributed by atoms with Gasteiger partial charge in [-0.15, -0.1) is 0 Å². The van der Waals surface area contributed by atoms with Crippen LogP contribution < -0.4 is 9.47 Å². The van der Waals surface area contributed by atoms with Crippen molar-refractivity contribution in [1.29, 1.82) is 0 Å². The summed E-state index contributed by atoms with van der Waals surface area (Å²) in [4.78, 5) is 21.3. The first kappa shape index (κ1) is 13.0. The molecule has 1 rings (SSSR count). The Bertz CT molecular complexity index is 455. The van der Waals surface area contributed by atoms with E-state index in [0.717, 1.165) is 0 Å². The lowest BCUT2D eigenvalue weighted by Crippen LogP contribution is -2.15. The Morgan fingerprint density at radius 1 is 1.35 bits per heavy atom. The third-order valence-corrected chi connectivity index (χ3v) is 2.37. The molecule has 0 aromatic heterocycles. The van der Waals surface area contributed by atoms with Crippen LogP contribution in [-0.4, -0.2) is 31.5 Å². The molecule has 0 bridgehead atoms. The second-order valence-electron chi connectivity index (χ2n) is 3.39. The van der Waals surface area contributed by atoms with Crippen molar-refractivity contribution in [2.45, 2.75) is 6.92 Å². The van der Waals surface area contributed by atoms with Crippen LogP contribution in [0.15, 0.2) is 12.1 Å². The molecule has 0 saturated carbocycles. The zero-order valence-corrected chi connectivity index (χ0v) is 9.85. The van der Waals surface area contributed by atoms with Gasteiger partial charge in [0, 0.05) is 16.1 Å². The molecule has 0 radical (unpaired) electrons.